The van der Waals surface area contributed by atoms with Gasteiger partial charge < -0.3 is 5.32 Å². The van der Waals surface area contributed by atoms with E-state index in [4.69, 9.17) is 0 Å². The summed E-state index contributed by atoms with van der Waals surface area (Å²) in [4.78, 5) is 13.1. The minimum absolute atomic E-state index is 0.103. The second-order valence-electron chi connectivity index (χ2n) is 9.22. The fraction of sp³-hybridized carbons (Fsp3) is 0.571. The van der Waals surface area contributed by atoms with Gasteiger partial charge in [-0.2, -0.15) is 10.5 Å². The van der Waals surface area contributed by atoms with E-state index in [0.29, 0.717) is 0 Å². The summed E-state index contributed by atoms with van der Waals surface area (Å²) >= 11 is 0. The molecule has 1 amide bonds. The van der Waals surface area contributed by atoms with Gasteiger partial charge in [-0.25, -0.2) is 8.42 Å². The number of nitrogens with one attached hydrogen (secondary N) is 2. The Morgan fingerprint density at radius 2 is 1.66 bits per heavy atom. The van der Waals surface area contributed by atoms with Crippen molar-refractivity contribution in [2.75, 3.05) is 4.72 Å². The number of nitriles is 2. The fourth-order valence-corrected chi connectivity index (χ4v) is 4.81. The number of carbonyl (C=O) groups excluding carboxylic acids is 1. The van der Waals surface area contributed by atoms with Crippen LogP contribution in [0.4, 0.5) is 5.69 Å². The average Bonchev–Trinajstić information content (AvgIpc) is 2.68. The highest BCUT2D eigenvalue weighted by atomic mass is 32.2. The van der Waals surface area contributed by atoms with Gasteiger partial charge in [0.05, 0.1) is 39.1 Å². The summed E-state index contributed by atoms with van der Waals surface area (Å²) in [6.45, 7) is 4.69. The molecule has 0 heterocycles. The normalized spacial score (nSPS) is 26.2. The molecule has 3 saturated carbocycles. The molecule has 3 aliphatic carbocycles. The van der Waals surface area contributed by atoms with Crippen LogP contribution in [0.2, 0.25) is 0 Å². The van der Waals surface area contributed by atoms with Crippen LogP contribution in [-0.4, -0.2) is 24.6 Å². The molecule has 154 valence electrons. The number of benzene rings is 1. The Hall–Kier alpha value is -2.58. The zero-order valence-corrected chi connectivity index (χ0v) is 17.8. The molecule has 3 aliphatic rings. The molecule has 0 unspecified atom stereocenters. The largest absolute Gasteiger partial charge is 0.347 e. The van der Waals surface area contributed by atoms with Crippen molar-refractivity contribution in [3.05, 3.63) is 29.3 Å². The smallest absolute Gasteiger partial charge is 0.253 e. The maximum Gasteiger partial charge on any atom is 0.253 e. The van der Waals surface area contributed by atoms with Gasteiger partial charge in [-0.3, -0.25) is 9.52 Å². The molecule has 1 aromatic rings. The Balaban J connectivity index is 1.88. The van der Waals surface area contributed by atoms with Crippen molar-refractivity contribution in [3.8, 4) is 12.1 Å². The Bertz CT molecular complexity index is 1000. The molecule has 3 fully saturated rings. The van der Waals surface area contributed by atoms with Crippen molar-refractivity contribution in [3.63, 3.8) is 0 Å². The zero-order valence-electron chi connectivity index (χ0n) is 17.0. The summed E-state index contributed by atoms with van der Waals surface area (Å²) in [6.07, 6.45) is 4.52. The third-order valence-corrected chi connectivity index (χ3v) is 8.41. The lowest BCUT2D eigenvalue weighted by atomic mass is 9.58. The topological polar surface area (TPSA) is 123 Å². The van der Waals surface area contributed by atoms with E-state index in [-0.39, 0.29) is 33.7 Å². The Labute approximate surface area is 172 Å². The van der Waals surface area contributed by atoms with Crippen molar-refractivity contribution >= 4 is 21.6 Å². The number of hydrogen-bond acceptors (Lipinski definition) is 5. The molecule has 2 N–H and O–H groups in total. The summed E-state index contributed by atoms with van der Waals surface area (Å²) in [5, 5.41) is 21.7. The molecule has 0 atom stereocenters. The van der Waals surface area contributed by atoms with E-state index in [1.54, 1.807) is 20.8 Å². The first kappa shape index (κ1) is 21.1. The molecule has 8 heteroatoms. The summed E-state index contributed by atoms with van der Waals surface area (Å²) in [5.74, 6) is -0.368. The van der Waals surface area contributed by atoms with Crippen molar-refractivity contribution in [2.24, 2.45) is 5.41 Å². The van der Waals surface area contributed by atoms with Crippen LogP contribution in [0.25, 0.3) is 0 Å². The van der Waals surface area contributed by atoms with Crippen LogP contribution >= 0.6 is 0 Å². The number of sulfonamides is 1. The molecule has 4 rings (SSSR count). The lowest BCUT2D eigenvalue weighted by Crippen LogP contribution is -2.56. The molecule has 7 nitrogen and oxygen atoms in total. The van der Waals surface area contributed by atoms with Crippen molar-refractivity contribution in [1.29, 1.82) is 10.5 Å². The van der Waals surface area contributed by atoms with Gasteiger partial charge in [0.1, 0.15) is 0 Å². The third kappa shape index (κ3) is 3.95. The number of hydrogen-bond donors (Lipinski definition) is 2. The van der Waals surface area contributed by atoms with E-state index in [0.717, 1.165) is 38.5 Å². The summed E-state index contributed by atoms with van der Waals surface area (Å²) in [6, 6.07) is 8.80. The number of rotatable bonds is 4. The SMILES string of the molecule is CC(C)(C)S(=O)(=O)Nc1cc(C#N)ccc1C(=O)NC12CCC(C#N)(CC1)CC2. The van der Waals surface area contributed by atoms with Crippen LogP contribution in [0.3, 0.4) is 0 Å². The quantitative estimate of drug-likeness (QED) is 0.781. The highest BCUT2D eigenvalue weighted by molar-refractivity contribution is 7.94. The van der Waals surface area contributed by atoms with Gasteiger partial charge in [-0.15, -0.1) is 0 Å². The minimum atomic E-state index is -3.76. The van der Waals surface area contributed by atoms with Gasteiger partial charge >= 0.3 is 0 Å². The van der Waals surface area contributed by atoms with Gasteiger partial charge in [-0.05, 0) is 77.5 Å². The Morgan fingerprint density at radius 3 is 2.14 bits per heavy atom. The second kappa shape index (κ2) is 7.03. The van der Waals surface area contributed by atoms with Gasteiger partial charge in [0, 0.05) is 5.54 Å². The lowest BCUT2D eigenvalue weighted by molar-refractivity contribution is 0.0522. The monoisotopic (exact) mass is 414 g/mol. The molecule has 0 aliphatic heterocycles. The van der Waals surface area contributed by atoms with Crippen LogP contribution in [0.1, 0.15) is 75.2 Å². The van der Waals surface area contributed by atoms with E-state index in [9.17, 15) is 23.7 Å². The van der Waals surface area contributed by atoms with E-state index in [2.05, 4.69) is 16.1 Å². The molecule has 1 aromatic carbocycles. The van der Waals surface area contributed by atoms with Gasteiger partial charge in [0.25, 0.3) is 5.91 Å². The van der Waals surface area contributed by atoms with Crippen LogP contribution in [0, 0.1) is 28.1 Å². The first-order chi connectivity index (χ1) is 13.4. The molecule has 2 bridgehead atoms. The van der Waals surface area contributed by atoms with E-state index in [1.807, 2.05) is 6.07 Å². The third-order valence-electron chi connectivity index (χ3n) is 6.31. The maximum atomic E-state index is 13.1. The second-order valence-corrected chi connectivity index (χ2v) is 11.7. The predicted octanol–water partition coefficient (Wildman–Crippen LogP) is 3.44. The highest BCUT2D eigenvalue weighted by Crippen LogP contribution is 2.52. The zero-order chi connectivity index (χ0) is 21.5. The molecule has 0 spiro atoms. The lowest BCUT2D eigenvalue weighted by Gasteiger charge is -2.50. The fourth-order valence-electron chi connectivity index (χ4n) is 4.04. The molecule has 29 heavy (non-hydrogen) atoms. The predicted molar refractivity (Wildman–Crippen MR) is 109 cm³/mol. The number of carbonyl (C=O) groups is 1. The summed E-state index contributed by atoms with van der Waals surface area (Å²) in [5.41, 5.74) is -0.0572. The first-order valence-corrected chi connectivity index (χ1v) is 11.2. The summed E-state index contributed by atoms with van der Waals surface area (Å²) in [7, 11) is -3.76. The number of anilines is 1. The minimum Gasteiger partial charge on any atom is -0.347 e. The molecule has 0 radical (unpaired) electrons. The summed E-state index contributed by atoms with van der Waals surface area (Å²) < 4.78 is 26.7. The van der Waals surface area contributed by atoms with Crippen molar-refractivity contribution < 1.29 is 13.2 Å². The van der Waals surface area contributed by atoms with Crippen LogP contribution in [0.5, 0.6) is 0 Å². The standard InChI is InChI=1S/C21H26N4O3S/c1-19(2,3)29(27,28)25-17-12-15(13-22)4-5-16(17)18(26)24-21-9-6-20(14-23,7-10-21)8-11-21/h4-5,12,25H,6-11H2,1-3H3,(H,24,26). The van der Waals surface area contributed by atoms with Gasteiger partial charge in [0.2, 0.25) is 10.0 Å². The molecule has 0 saturated heterocycles. The van der Waals surface area contributed by atoms with Gasteiger partial charge in [-0.1, -0.05) is 0 Å². The number of nitrogens with zero attached hydrogens (tertiary/aromatic N) is 2. The van der Waals surface area contributed by atoms with E-state index >= 15 is 0 Å². The van der Waals surface area contributed by atoms with Crippen LogP contribution in [-0.2, 0) is 10.0 Å². The molecule has 0 aromatic heterocycles. The number of amides is 1. The van der Waals surface area contributed by atoms with Crippen molar-refractivity contribution in [2.45, 2.75) is 69.6 Å². The van der Waals surface area contributed by atoms with E-state index in [1.165, 1.54) is 18.2 Å². The molecular weight excluding hydrogens is 388 g/mol. The van der Waals surface area contributed by atoms with Crippen LogP contribution in [0.15, 0.2) is 18.2 Å². The highest BCUT2D eigenvalue weighted by Gasteiger charge is 2.49. The Kier molecular flexibility index (Phi) is 5.13. The van der Waals surface area contributed by atoms with Crippen molar-refractivity contribution in [1.82, 2.24) is 5.32 Å². The van der Waals surface area contributed by atoms with E-state index < -0.39 is 14.8 Å². The first-order valence-electron chi connectivity index (χ1n) is 9.75. The molecular formula is C21H26N4O3S. The van der Waals surface area contributed by atoms with Gasteiger partial charge in [0.15, 0.2) is 0 Å². The average molecular weight is 415 g/mol. The number of fused-ring (bicyclic) bond motifs is 3. The van der Waals surface area contributed by atoms with Crippen LogP contribution < -0.4 is 10.0 Å². The Morgan fingerprint density at radius 1 is 1.07 bits per heavy atom. The maximum absolute atomic E-state index is 13.1.